The number of aliphatic hydroxyl groups is 1. The average molecular weight is 503 g/mol. The van der Waals surface area contributed by atoms with Crippen LogP contribution in [0, 0.1) is 17.0 Å². The van der Waals surface area contributed by atoms with Crippen molar-refractivity contribution in [3.05, 3.63) is 105 Å². The molecule has 1 heterocycles. The third-order valence-corrected chi connectivity index (χ3v) is 6.38. The summed E-state index contributed by atoms with van der Waals surface area (Å²) in [6.45, 7) is 1.95. The van der Waals surface area contributed by atoms with Crippen LogP contribution in [0.2, 0.25) is 0 Å². The molecule has 1 fully saturated rings. The van der Waals surface area contributed by atoms with Gasteiger partial charge < -0.3 is 19.5 Å². The highest BCUT2D eigenvalue weighted by Crippen LogP contribution is 2.42. The zero-order valence-electron chi connectivity index (χ0n) is 20.6. The van der Waals surface area contributed by atoms with Crippen molar-refractivity contribution in [2.24, 2.45) is 0 Å². The Hall–Kier alpha value is -4.66. The Bertz CT molecular complexity index is 1400. The zero-order valence-corrected chi connectivity index (χ0v) is 20.6. The molecule has 3 aromatic rings. The highest BCUT2D eigenvalue weighted by atomic mass is 16.6. The Balaban J connectivity index is 1.80. The number of amides is 1. The standard InChI is InChI=1S/C28H26N2O7/c1-17-8-11-19(12-9-17)26(31)24-25(20-6-4-5-7-21(20)30(34)35)29(28(33)27(24)32)15-14-18-10-13-22(36-2)23(16-18)37-3/h4-13,16,25,31H,14-15H2,1-3H3/t25-/m0/s1. The molecule has 0 aromatic heterocycles. The van der Waals surface area contributed by atoms with Crippen LogP contribution in [0.5, 0.6) is 11.5 Å². The fraction of sp³-hybridized carbons (Fsp3) is 0.214. The van der Waals surface area contributed by atoms with Gasteiger partial charge in [-0.2, -0.15) is 0 Å². The molecule has 1 saturated heterocycles. The Morgan fingerprint density at radius 2 is 1.68 bits per heavy atom. The van der Waals surface area contributed by atoms with E-state index in [0.717, 1.165) is 11.1 Å². The number of Topliss-reactive ketones (excluding diaryl/α,β-unsaturated/α-hetero) is 1. The van der Waals surface area contributed by atoms with Gasteiger partial charge in [-0.15, -0.1) is 0 Å². The van der Waals surface area contributed by atoms with E-state index in [2.05, 4.69) is 0 Å². The molecular weight excluding hydrogens is 476 g/mol. The Morgan fingerprint density at radius 1 is 1.00 bits per heavy atom. The van der Waals surface area contributed by atoms with Crippen LogP contribution in [-0.2, 0) is 16.0 Å². The molecule has 190 valence electrons. The lowest BCUT2D eigenvalue weighted by atomic mass is 9.94. The van der Waals surface area contributed by atoms with E-state index in [9.17, 15) is 24.8 Å². The molecule has 1 atom stereocenters. The van der Waals surface area contributed by atoms with Crippen LogP contribution in [0.25, 0.3) is 5.76 Å². The predicted molar refractivity (Wildman–Crippen MR) is 137 cm³/mol. The molecule has 37 heavy (non-hydrogen) atoms. The maximum Gasteiger partial charge on any atom is 0.295 e. The van der Waals surface area contributed by atoms with Crippen molar-refractivity contribution < 1.29 is 29.1 Å². The molecule has 0 saturated carbocycles. The van der Waals surface area contributed by atoms with E-state index in [1.807, 2.05) is 13.0 Å². The van der Waals surface area contributed by atoms with Crippen LogP contribution in [0.4, 0.5) is 5.69 Å². The molecule has 9 nitrogen and oxygen atoms in total. The largest absolute Gasteiger partial charge is 0.507 e. The fourth-order valence-electron chi connectivity index (χ4n) is 4.47. The van der Waals surface area contributed by atoms with Crippen molar-refractivity contribution >= 4 is 23.1 Å². The van der Waals surface area contributed by atoms with E-state index >= 15 is 0 Å². The minimum atomic E-state index is -1.14. The number of nitrogens with zero attached hydrogens (tertiary/aromatic N) is 2. The fourth-order valence-corrected chi connectivity index (χ4v) is 4.47. The quantitative estimate of drug-likeness (QED) is 0.157. The van der Waals surface area contributed by atoms with Crippen molar-refractivity contribution in [1.82, 2.24) is 4.90 Å². The van der Waals surface area contributed by atoms with Crippen molar-refractivity contribution in [2.45, 2.75) is 19.4 Å². The first kappa shape index (κ1) is 25.4. The number of para-hydroxylation sites is 1. The van der Waals surface area contributed by atoms with Gasteiger partial charge in [0.1, 0.15) is 5.76 Å². The number of ketones is 1. The van der Waals surface area contributed by atoms with Gasteiger partial charge >= 0.3 is 0 Å². The summed E-state index contributed by atoms with van der Waals surface area (Å²) in [5.41, 5.74) is 1.80. The normalized spacial score (nSPS) is 16.6. The molecule has 0 spiro atoms. The van der Waals surface area contributed by atoms with Crippen LogP contribution < -0.4 is 9.47 Å². The molecule has 0 radical (unpaired) electrons. The number of carbonyl (C=O) groups is 2. The van der Waals surface area contributed by atoms with Gasteiger partial charge in [-0.25, -0.2) is 0 Å². The van der Waals surface area contributed by atoms with Crippen LogP contribution in [-0.4, -0.2) is 47.4 Å². The second-order valence-corrected chi connectivity index (χ2v) is 8.61. The molecule has 1 N–H and O–H groups in total. The average Bonchev–Trinajstić information content (AvgIpc) is 3.16. The second kappa shape index (κ2) is 10.5. The summed E-state index contributed by atoms with van der Waals surface area (Å²) >= 11 is 0. The highest BCUT2D eigenvalue weighted by molar-refractivity contribution is 6.46. The van der Waals surface area contributed by atoms with Gasteiger partial charge in [0, 0.05) is 18.2 Å². The van der Waals surface area contributed by atoms with Crippen molar-refractivity contribution in [1.29, 1.82) is 0 Å². The first-order valence-corrected chi connectivity index (χ1v) is 11.6. The van der Waals surface area contributed by atoms with Gasteiger partial charge in [0.2, 0.25) is 0 Å². The number of hydrogen-bond acceptors (Lipinski definition) is 7. The van der Waals surface area contributed by atoms with Crippen LogP contribution in [0.15, 0.2) is 72.3 Å². The Labute approximate surface area is 213 Å². The molecule has 0 unspecified atom stereocenters. The van der Waals surface area contributed by atoms with Gasteiger partial charge in [0.25, 0.3) is 17.4 Å². The molecule has 4 rings (SSSR count). The number of carbonyl (C=O) groups excluding carboxylic acids is 2. The number of ether oxygens (including phenoxy) is 2. The van der Waals surface area contributed by atoms with Gasteiger partial charge in [-0.05, 0) is 37.1 Å². The van der Waals surface area contributed by atoms with Gasteiger partial charge in [0.05, 0.1) is 36.3 Å². The molecule has 9 heteroatoms. The van der Waals surface area contributed by atoms with E-state index in [0.29, 0.717) is 23.5 Å². The third kappa shape index (κ3) is 4.88. The monoisotopic (exact) mass is 502 g/mol. The maximum absolute atomic E-state index is 13.2. The zero-order chi connectivity index (χ0) is 26.7. The van der Waals surface area contributed by atoms with E-state index < -0.39 is 22.7 Å². The van der Waals surface area contributed by atoms with Gasteiger partial charge in [0.15, 0.2) is 11.5 Å². The predicted octanol–water partition coefficient (Wildman–Crippen LogP) is 4.58. The third-order valence-electron chi connectivity index (χ3n) is 6.38. The van der Waals surface area contributed by atoms with Crippen molar-refractivity contribution in [2.75, 3.05) is 20.8 Å². The number of aryl methyl sites for hydroxylation is 1. The number of aliphatic hydroxyl groups excluding tert-OH is 1. The number of nitro benzene ring substituents is 1. The summed E-state index contributed by atoms with van der Waals surface area (Å²) in [7, 11) is 3.04. The summed E-state index contributed by atoms with van der Waals surface area (Å²) in [6.07, 6.45) is 0.328. The SMILES string of the molecule is COc1ccc(CCN2C(=O)C(=O)C(=C(O)c3ccc(C)cc3)[C@@H]2c2ccccc2[N+](=O)[O-])cc1OC. The van der Waals surface area contributed by atoms with Crippen LogP contribution >= 0.6 is 0 Å². The molecule has 0 aliphatic carbocycles. The highest BCUT2D eigenvalue weighted by Gasteiger charge is 2.47. The van der Waals surface area contributed by atoms with E-state index in [1.165, 1.54) is 37.3 Å². The lowest BCUT2D eigenvalue weighted by Gasteiger charge is -2.25. The molecule has 1 aliphatic rings. The topological polar surface area (TPSA) is 119 Å². The Morgan fingerprint density at radius 3 is 2.32 bits per heavy atom. The van der Waals surface area contributed by atoms with Crippen LogP contribution in [0.3, 0.4) is 0 Å². The lowest BCUT2D eigenvalue weighted by molar-refractivity contribution is -0.385. The van der Waals surface area contributed by atoms with E-state index in [4.69, 9.17) is 9.47 Å². The first-order chi connectivity index (χ1) is 17.8. The minimum Gasteiger partial charge on any atom is -0.507 e. The van der Waals surface area contributed by atoms with Gasteiger partial charge in [-0.3, -0.25) is 19.7 Å². The smallest absolute Gasteiger partial charge is 0.295 e. The number of rotatable bonds is 8. The lowest BCUT2D eigenvalue weighted by Crippen LogP contribution is -2.32. The number of hydrogen-bond donors (Lipinski definition) is 1. The van der Waals surface area contributed by atoms with Crippen molar-refractivity contribution in [3.63, 3.8) is 0 Å². The van der Waals surface area contributed by atoms with Gasteiger partial charge in [-0.1, -0.05) is 48.0 Å². The molecule has 0 bridgehead atoms. The number of nitro groups is 1. The first-order valence-electron chi connectivity index (χ1n) is 11.6. The Kier molecular flexibility index (Phi) is 7.24. The second-order valence-electron chi connectivity index (χ2n) is 8.61. The van der Waals surface area contributed by atoms with E-state index in [1.54, 1.807) is 42.5 Å². The summed E-state index contributed by atoms with van der Waals surface area (Å²) < 4.78 is 10.6. The number of likely N-dealkylation sites (tertiary alicyclic amines) is 1. The molecule has 1 amide bonds. The summed E-state index contributed by atoms with van der Waals surface area (Å²) in [6, 6.07) is 16.9. The summed E-state index contributed by atoms with van der Waals surface area (Å²) in [5, 5.41) is 23.0. The van der Waals surface area contributed by atoms with Crippen molar-refractivity contribution in [3.8, 4) is 11.5 Å². The molecule has 1 aliphatic heterocycles. The van der Waals surface area contributed by atoms with Crippen LogP contribution in [0.1, 0.15) is 28.3 Å². The van der Waals surface area contributed by atoms with E-state index in [-0.39, 0.29) is 29.1 Å². The molecule has 3 aromatic carbocycles. The number of benzene rings is 3. The number of methoxy groups -OCH3 is 2. The molecular formula is C28H26N2O7. The maximum atomic E-state index is 13.2. The summed E-state index contributed by atoms with van der Waals surface area (Å²) in [4.78, 5) is 39.0. The minimum absolute atomic E-state index is 0.0709. The summed E-state index contributed by atoms with van der Waals surface area (Å²) in [5.74, 6) is -1.05.